The standard InChI is InChI=1S/C60H85N11O16S2/c1-8-33(4)50(71-52(78)40(61)27-35-12-10-9-11-13-35)59(85)70-47(31-49(75)76)58(84)67-43(26-32(2)3)54(80)69-46(30-48(62)74)57(83)68-45(29-37-16-20-39(73)21-17-37)55(81)64-41(22-24-88-6)53(79)63-34(5)51(77)66-44(28-36-14-18-38(72)19-15-36)56(82)65-42(60(86)87)23-25-89-7/h9-21,32-34,40-47,50,72-73H,8,22-31,61H2,1-7H3,(H2,62,74)(H,63,79)(H,64,81)(H,65,82)(H,66,77)(H,67,84)(H,68,83)(H,69,80)(H,70,85)(H,71,78)(H,75,76)(H,86,87)/t33-,34-,40-,41-,42-,43-,44-,45-,46-,47-,50-/m0/s1. The number of primary amides is 1. The molecule has 0 heterocycles. The molecule has 29 heteroatoms. The van der Waals surface area contributed by atoms with Crippen molar-refractivity contribution in [3.63, 3.8) is 0 Å². The number of thioether (sulfide) groups is 2. The molecule has 3 aromatic rings. The van der Waals surface area contributed by atoms with E-state index in [-0.39, 0.29) is 61.7 Å². The molecule has 0 radical (unpaired) electrons. The molecule has 89 heavy (non-hydrogen) atoms. The molecular weight excluding hydrogens is 1190 g/mol. The van der Waals surface area contributed by atoms with Gasteiger partial charge in [-0.3, -0.25) is 52.7 Å². The second-order valence-corrected chi connectivity index (χ2v) is 23.8. The van der Waals surface area contributed by atoms with Gasteiger partial charge in [-0.15, -0.1) is 0 Å². The smallest absolute Gasteiger partial charge is 0.326 e. The molecule has 0 saturated carbocycles. The van der Waals surface area contributed by atoms with E-state index in [1.54, 1.807) is 70.5 Å². The van der Waals surface area contributed by atoms with Gasteiger partial charge in [0.05, 0.1) is 18.9 Å². The fourth-order valence-corrected chi connectivity index (χ4v) is 9.81. The number of rotatable bonds is 39. The molecule has 0 aromatic heterocycles. The summed E-state index contributed by atoms with van der Waals surface area (Å²) in [5, 5.41) is 62.1. The van der Waals surface area contributed by atoms with E-state index in [4.69, 9.17) is 11.5 Å². The summed E-state index contributed by atoms with van der Waals surface area (Å²) in [5.41, 5.74) is 13.4. The molecule has 17 N–H and O–H groups in total. The molecule has 0 aliphatic carbocycles. The highest BCUT2D eigenvalue weighted by molar-refractivity contribution is 7.98. The van der Waals surface area contributed by atoms with Gasteiger partial charge in [0.2, 0.25) is 59.1 Å². The second kappa shape index (κ2) is 38.1. The number of aromatic hydroxyl groups is 2. The highest BCUT2D eigenvalue weighted by Crippen LogP contribution is 2.17. The zero-order valence-electron chi connectivity index (χ0n) is 50.9. The maximum absolute atomic E-state index is 14.5. The summed E-state index contributed by atoms with van der Waals surface area (Å²) >= 11 is 2.67. The molecule has 0 aliphatic heterocycles. The Morgan fingerprint density at radius 3 is 1.34 bits per heavy atom. The van der Waals surface area contributed by atoms with Crippen molar-refractivity contribution in [2.45, 2.75) is 153 Å². The van der Waals surface area contributed by atoms with Gasteiger partial charge in [-0.2, -0.15) is 23.5 Å². The summed E-state index contributed by atoms with van der Waals surface area (Å²) in [7, 11) is 0. The Labute approximate surface area is 525 Å². The van der Waals surface area contributed by atoms with Crippen molar-refractivity contribution in [1.82, 2.24) is 47.9 Å². The number of benzene rings is 3. The molecule has 0 unspecified atom stereocenters. The van der Waals surface area contributed by atoms with Gasteiger partial charge in [0.1, 0.15) is 65.9 Å². The zero-order chi connectivity index (χ0) is 66.5. The third-order valence-corrected chi connectivity index (χ3v) is 15.3. The number of hydrogen-bond donors (Lipinski definition) is 15. The molecular formula is C60H85N11O16S2. The van der Waals surface area contributed by atoms with E-state index in [1.807, 2.05) is 0 Å². The summed E-state index contributed by atoms with van der Waals surface area (Å²) in [4.78, 5) is 163. The number of carboxylic acids is 2. The summed E-state index contributed by atoms with van der Waals surface area (Å²) in [6.45, 7) is 8.06. The zero-order valence-corrected chi connectivity index (χ0v) is 52.5. The van der Waals surface area contributed by atoms with Crippen molar-refractivity contribution in [3.8, 4) is 11.5 Å². The first kappa shape index (κ1) is 74.8. The van der Waals surface area contributed by atoms with Gasteiger partial charge in [-0.1, -0.05) is 88.7 Å². The van der Waals surface area contributed by atoms with Gasteiger partial charge in [0.25, 0.3) is 0 Å². The first-order valence-corrected chi connectivity index (χ1v) is 31.6. The highest BCUT2D eigenvalue weighted by Gasteiger charge is 2.37. The van der Waals surface area contributed by atoms with Crippen LogP contribution in [0.15, 0.2) is 78.9 Å². The monoisotopic (exact) mass is 1280 g/mol. The van der Waals surface area contributed by atoms with Gasteiger partial charge < -0.3 is 79.7 Å². The van der Waals surface area contributed by atoms with Gasteiger partial charge in [0, 0.05) is 12.8 Å². The molecule has 10 amide bonds. The van der Waals surface area contributed by atoms with Crippen LogP contribution in [0, 0.1) is 11.8 Å². The third kappa shape index (κ3) is 26.8. The van der Waals surface area contributed by atoms with Gasteiger partial charge in [-0.05, 0) is 109 Å². The van der Waals surface area contributed by atoms with Gasteiger partial charge in [-0.25, -0.2) is 4.79 Å². The lowest BCUT2D eigenvalue weighted by Gasteiger charge is -2.29. The van der Waals surface area contributed by atoms with Crippen LogP contribution in [0.2, 0.25) is 0 Å². The van der Waals surface area contributed by atoms with E-state index in [0.717, 1.165) is 5.56 Å². The van der Waals surface area contributed by atoms with Crippen LogP contribution >= 0.6 is 23.5 Å². The quantitative estimate of drug-likeness (QED) is 0.0354. The maximum atomic E-state index is 14.5. The Balaban J connectivity index is 1.90. The molecule has 11 atom stereocenters. The van der Waals surface area contributed by atoms with Crippen molar-refractivity contribution in [2.24, 2.45) is 23.3 Å². The Kier molecular flexibility index (Phi) is 32.0. The van der Waals surface area contributed by atoms with Crippen LogP contribution in [0.25, 0.3) is 0 Å². The summed E-state index contributed by atoms with van der Waals surface area (Å²) in [5.74, 6) is -12.9. The number of nitrogens with two attached hydrogens (primary N) is 2. The third-order valence-electron chi connectivity index (χ3n) is 14.1. The van der Waals surface area contributed by atoms with Crippen LogP contribution in [0.3, 0.4) is 0 Å². The number of carboxylic acid groups (broad SMARTS) is 2. The molecule has 3 aromatic carbocycles. The largest absolute Gasteiger partial charge is 0.508 e. The normalized spacial score (nSPS) is 14.8. The molecule has 0 bridgehead atoms. The topological polar surface area (TPSA) is 446 Å². The van der Waals surface area contributed by atoms with Crippen LogP contribution in [-0.4, -0.2) is 176 Å². The fraction of sp³-hybridized carbons (Fsp3) is 0.500. The van der Waals surface area contributed by atoms with Crippen LogP contribution < -0.4 is 59.3 Å². The summed E-state index contributed by atoms with van der Waals surface area (Å²) < 4.78 is 0. The molecule has 27 nitrogen and oxygen atoms in total. The first-order valence-electron chi connectivity index (χ1n) is 28.8. The van der Waals surface area contributed by atoms with E-state index >= 15 is 0 Å². The van der Waals surface area contributed by atoms with Crippen molar-refractivity contribution >= 4 is 94.5 Å². The van der Waals surface area contributed by atoms with Crippen molar-refractivity contribution in [1.29, 1.82) is 0 Å². The number of aliphatic carboxylic acids is 2. The average Bonchev–Trinajstić information content (AvgIpc) is 2.55. The van der Waals surface area contributed by atoms with Gasteiger partial charge >= 0.3 is 11.9 Å². The SMILES string of the molecule is CC[C@H](C)[C@H](NC(=O)[C@@H](N)Cc1ccccc1)C(=O)N[C@@H](CC(=O)O)C(=O)N[C@@H](CC(C)C)C(=O)N[C@@H](CC(N)=O)C(=O)N[C@@H](Cc1ccc(O)cc1)C(=O)N[C@@H](CCSC)C(=O)N[C@@H](C)C(=O)N[C@@H](Cc1ccc(O)cc1)C(=O)N[C@@H](CCSC)C(=O)O. The molecule has 0 spiro atoms. The minimum absolute atomic E-state index is 0.0370. The van der Waals surface area contributed by atoms with E-state index in [9.17, 15) is 78.0 Å². The van der Waals surface area contributed by atoms with E-state index in [2.05, 4.69) is 47.9 Å². The molecule has 0 fully saturated rings. The van der Waals surface area contributed by atoms with Crippen LogP contribution in [-0.2, 0) is 76.8 Å². The second-order valence-electron chi connectivity index (χ2n) is 21.9. The van der Waals surface area contributed by atoms with E-state index in [0.29, 0.717) is 23.3 Å². The number of hydrogen-bond acceptors (Lipinski definition) is 17. The Bertz CT molecular complexity index is 2890. The summed E-state index contributed by atoms with van der Waals surface area (Å²) in [6.07, 6.45) is 1.55. The Morgan fingerprint density at radius 2 is 0.865 bits per heavy atom. The molecule has 488 valence electrons. The lowest BCUT2D eigenvalue weighted by molar-refractivity contribution is -0.142. The van der Waals surface area contributed by atoms with Crippen LogP contribution in [0.1, 0.15) is 89.8 Å². The van der Waals surface area contributed by atoms with E-state index in [1.165, 1.54) is 79.0 Å². The number of phenols is 2. The average molecular weight is 1280 g/mol. The van der Waals surface area contributed by atoms with Crippen molar-refractivity contribution in [3.05, 3.63) is 95.6 Å². The highest BCUT2D eigenvalue weighted by atomic mass is 32.2. The number of phenolic OH excluding ortho intramolecular Hbond substituents is 2. The van der Waals surface area contributed by atoms with Crippen molar-refractivity contribution < 1.29 is 78.0 Å². The lowest BCUT2D eigenvalue weighted by Crippen LogP contribution is -2.61. The number of carbonyl (C=O) groups is 12. The molecule has 3 rings (SSSR count). The fourth-order valence-electron chi connectivity index (χ4n) is 8.87. The Hall–Kier alpha value is -8.44. The maximum Gasteiger partial charge on any atom is 0.326 e. The minimum Gasteiger partial charge on any atom is -0.508 e. The van der Waals surface area contributed by atoms with Gasteiger partial charge in [0.15, 0.2) is 0 Å². The van der Waals surface area contributed by atoms with E-state index < -0.39 is 150 Å². The number of nitrogens with one attached hydrogen (secondary N) is 9. The first-order chi connectivity index (χ1) is 42.0. The minimum atomic E-state index is -1.84. The lowest BCUT2D eigenvalue weighted by atomic mass is 9.96. The van der Waals surface area contributed by atoms with Crippen LogP contribution in [0.4, 0.5) is 0 Å². The van der Waals surface area contributed by atoms with Crippen LogP contribution in [0.5, 0.6) is 11.5 Å². The predicted octanol–water partition coefficient (Wildman–Crippen LogP) is -0.131. The molecule has 0 aliphatic rings. The van der Waals surface area contributed by atoms with Crippen molar-refractivity contribution in [2.75, 3.05) is 24.0 Å². The number of amides is 10. The molecule has 0 saturated heterocycles. The predicted molar refractivity (Wildman–Crippen MR) is 333 cm³/mol. The number of carbonyl (C=O) groups excluding carboxylic acids is 10. The summed E-state index contributed by atoms with van der Waals surface area (Å²) in [6, 6.07) is 5.44. The Morgan fingerprint density at radius 1 is 0.461 bits per heavy atom.